The van der Waals surface area contributed by atoms with E-state index in [9.17, 15) is 9.18 Å². The van der Waals surface area contributed by atoms with Gasteiger partial charge in [-0.15, -0.1) is 18.2 Å². The molecule has 5 heteroatoms. The number of esters is 1. The van der Waals surface area contributed by atoms with Crippen molar-refractivity contribution in [3.63, 3.8) is 0 Å². The van der Waals surface area contributed by atoms with Crippen LogP contribution in [0.1, 0.15) is 17.3 Å². The van der Waals surface area contributed by atoms with Crippen LogP contribution in [0.25, 0.3) is 0 Å². The molecule has 0 saturated carbocycles. The minimum atomic E-state index is -0.555. The number of rotatable bonds is 2. The fraction of sp³-hybridized carbons (Fsp3) is 0.222. The summed E-state index contributed by atoms with van der Waals surface area (Å²) in [5, 5.41) is 0. The average molecular weight is 227 g/mol. The maximum absolute atomic E-state index is 12.5. The van der Waals surface area contributed by atoms with Crippen molar-refractivity contribution < 1.29 is 26.3 Å². The fourth-order valence-corrected chi connectivity index (χ4v) is 0.769. The SMILES string of the molecule is CCOC(=O)c1[c-]c(F)ccc1.[Cl-].[Mg+2]. The summed E-state index contributed by atoms with van der Waals surface area (Å²) in [6.45, 7) is 1.97. The molecule has 0 radical (unpaired) electrons. The zero-order valence-electron chi connectivity index (χ0n) is 7.72. The van der Waals surface area contributed by atoms with Crippen molar-refractivity contribution in [2.45, 2.75) is 6.92 Å². The molecule has 72 valence electrons. The van der Waals surface area contributed by atoms with E-state index in [1.807, 2.05) is 0 Å². The van der Waals surface area contributed by atoms with E-state index < -0.39 is 11.8 Å². The largest absolute Gasteiger partial charge is 2.00 e. The summed E-state index contributed by atoms with van der Waals surface area (Å²) in [6.07, 6.45) is 0. The monoisotopic (exact) mass is 226 g/mol. The zero-order valence-corrected chi connectivity index (χ0v) is 9.89. The van der Waals surface area contributed by atoms with Crippen molar-refractivity contribution in [1.29, 1.82) is 0 Å². The van der Waals surface area contributed by atoms with Crippen LogP contribution in [0.2, 0.25) is 0 Å². The van der Waals surface area contributed by atoms with Gasteiger partial charge >= 0.3 is 23.1 Å². The molecule has 0 fully saturated rings. The minimum Gasteiger partial charge on any atom is -1.00 e. The summed E-state index contributed by atoms with van der Waals surface area (Å²) in [5.41, 5.74) is 0.122. The number of carbonyl (C=O) groups is 1. The Morgan fingerprint density at radius 2 is 2.21 bits per heavy atom. The number of benzene rings is 1. The van der Waals surface area contributed by atoms with Crippen molar-refractivity contribution in [2.75, 3.05) is 6.61 Å². The molecule has 0 aromatic heterocycles. The average Bonchev–Trinajstić information content (AvgIpc) is 2.05. The van der Waals surface area contributed by atoms with E-state index >= 15 is 0 Å². The van der Waals surface area contributed by atoms with Crippen LogP contribution in [0.4, 0.5) is 4.39 Å². The zero-order chi connectivity index (χ0) is 8.97. The Morgan fingerprint density at radius 1 is 1.57 bits per heavy atom. The van der Waals surface area contributed by atoms with Gasteiger partial charge < -0.3 is 21.9 Å². The second kappa shape index (κ2) is 8.02. The second-order valence-electron chi connectivity index (χ2n) is 2.13. The predicted molar refractivity (Wildman–Crippen MR) is 46.9 cm³/mol. The van der Waals surface area contributed by atoms with E-state index in [2.05, 4.69) is 10.8 Å². The van der Waals surface area contributed by atoms with Gasteiger partial charge in [0.25, 0.3) is 0 Å². The fourth-order valence-electron chi connectivity index (χ4n) is 0.769. The van der Waals surface area contributed by atoms with Crippen molar-refractivity contribution in [2.24, 2.45) is 0 Å². The molecule has 0 bridgehead atoms. The molecule has 2 nitrogen and oxygen atoms in total. The molecule has 1 aromatic carbocycles. The normalized spacial score (nSPS) is 8.14. The third-order valence-electron chi connectivity index (χ3n) is 1.25. The molecule has 1 rings (SSSR count). The van der Waals surface area contributed by atoms with Gasteiger partial charge in [-0.25, -0.2) is 4.39 Å². The first-order valence-electron chi connectivity index (χ1n) is 3.59. The van der Waals surface area contributed by atoms with Gasteiger partial charge in [0, 0.05) is 5.82 Å². The summed E-state index contributed by atoms with van der Waals surface area (Å²) in [6, 6.07) is 6.38. The van der Waals surface area contributed by atoms with E-state index in [1.165, 1.54) is 18.2 Å². The van der Waals surface area contributed by atoms with Crippen LogP contribution >= 0.6 is 0 Å². The van der Waals surface area contributed by atoms with Crippen LogP contribution in [0.15, 0.2) is 18.2 Å². The van der Waals surface area contributed by atoms with Gasteiger partial charge in [0.05, 0.1) is 6.61 Å². The Bertz CT molecular complexity index is 294. The quantitative estimate of drug-likeness (QED) is 0.346. The van der Waals surface area contributed by atoms with Crippen LogP contribution in [0.3, 0.4) is 0 Å². The molecule has 0 aliphatic carbocycles. The van der Waals surface area contributed by atoms with Gasteiger partial charge in [-0.1, -0.05) is 11.6 Å². The van der Waals surface area contributed by atoms with Crippen LogP contribution in [-0.4, -0.2) is 35.6 Å². The summed E-state index contributed by atoms with van der Waals surface area (Å²) in [5.74, 6) is -1.10. The minimum absolute atomic E-state index is 0. The molecule has 0 spiro atoms. The van der Waals surface area contributed by atoms with Gasteiger partial charge in [-0.05, 0) is 6.92 Å². The van der Waals surface area contributed by atoms with Crippen molar-refractivity contribution in [3.8, 4) is 0 Å². The van der Waals surface area contributed by atoms with E-state index in [0.29, 0.717) is 0 Å². The van der Waals surface area contributed by atoms with Gasteiger partial charge in [-0.3, -0.25) is 0 Å². The van der Waals surface area contributed by atoms with Gasteiger partial charge in [0.2, 0.25) is 5.97 Å². The van der Waals surface area contributed by atoms with Crippen LogP contribution < -0.4 is 12.4 Å². The molecule has 0 heterocycles. The Labute approximate surface area is 104 Å². The van der Waals surface area contributed by atoms with Crippen LogP contribution in [0, 0.1) is 11.9 Å². The van der Waals surface area contributed by atoms with Crippen molar-refractivity contribution in [1.82, 2.24) is 0 Å². The molecule has 14 heavy (non-hydrogen) atoms. The standard InChI is InChI=1S/C9H8FO2.ClH.Mg/c1-2-12-9(11)7-4-3-5-8(10)6-7;;/h3-5H,2H2,1H3;1H;/q-1;;+2/p-1. The van der Waals surface area contributed by atoms with Gasteiger partial charge in [-0.2, -0.15) is 0 Å². The maximum atomic E-state index is 12.5. The third kappa shape index (κ3) is 4.79. The summed E-state index contributed by atoms with van der Waals surface area (Å²) >= 11 is 0. The molecule has 0 amide bonds. The van der Waals surface area contributed by atoms with Crippen LogP contribution in [0.5, 0.6) is 0 Å². The van der Waals surface area contributed by atoms with Gasteiger partial charge in [0.1, 0.15) is 0 Å². The molecular weight excluding hydrogens is 219 g/mol. The predicted octanol–water partition coefficient (Wildman–Crippen LogP) is -1.57. The molecule has 0 aliphatic heterocycles. The Kier molecular flexibility index (Phi) is 9.24. The van der Waals surface area contributed by atoms with Crippen molar-refractivity contribution >= 4 is 29.0 Å². The van der Waals surface area contributed by atoms with E-state index in [-0.39, 0.29) is 47.6 Å². The van der Waals surface area contributed by atoms with E-state index in [4.69, 9.17) is 0 Å². The number of carbonyl (C=O) groups excluding carboxylic acids is 1. The molecule has 0 atom stereocenters. The number of ether oxygens (including phenoxy) is 1. The van der Waals surface area contributed by atoms with E-state index in [0.717, 1.165) is 0 Å². The smallest absolute Gasteiger partial charge is 1.00 e. The van der Waals surface area contributed by atoms with Crippen LogP contribution in [-0.2, 0) is 4.74 Å². The van der Waals surface area contributed by atoms with Gasteiger partial charge in [0.15, 0.2) is 0 Å². The number of hydrogen-bond donors (Lipinski definition) is 0. The molecule has 0 saturated heterocycles. The third-order valence-corrected chi connectivity index (χ3v) is 1.25. The summed E-state index contributed by atoms with van der Waals surface area (Å²) < 4.78 is 17.2. The summed E-state index contributed by atoms with van der Waals surface area (Å²) in [4.78, 5) is 11.0. The Morgan fingerprint density at radius 3 is 2.71 bits per heavy atom. The first kappa shape index (κ1) is 16.1. The van der Waals surface area contributed by atoms with Crippen molar-refractivity contribution in [3.05, 3.63) is 35.6 Å². The first-order valence-corrected chi connectivity index (χ1v) is 3.59. The molecule has 1 aromatic rings. The van der Waals surface area contributed by atoms with E-state index in [1.54, 1.807) is 6.92 Å². The molecule has 0 aliphatic rings. The first-order chi connectivity index (χ1) is 5.74. The molecule has 0 N–H and O–H groups in total. The summed E-state index contributed by atoms with van der Waals surface area (Å²) in [7, 11) is 0. The maximum Gasteiger partial charge on any atom is 2.00 e. The Balaban J connectivity index is 0. The number of hydrogen-bond acceptors (Lipinski definition) is 2. The second-order valence-corrected chi connectivity index (χ2v) is 2.13. The molecule has 0 unspecified atom stereocenters. The number of halogens is 2. The Hall–Kier alpha value is -0.324. The molecular formula is C9H8ClFMgO2. The topological polar surface area (TPSA) is 26.3 Å².